The molecule has 0 amide bonds. The lowest BCUT2D eigenvalue weighted by Gasteiger charge is -2.36. The van der Waals surface area contributed by atoms with Crippen molar-refractivity contribution in [3.05, 3.63) is 65.7 Å². The Balaban J connectivity index is 2.40. The third kappa shape index (κ3) is 4.86. The standard InChI is InChI=1S/C21H23F6NO/c1-3-4-14-28(15-16-8-6-5-7-9-16)18-12-10-17(11-13-18)19(29-2,20(22,23)24)21(25,26)27/h5-13H,3-4,14-15H2,1-2H3. The second kappa shape index (κ2) is 9.07. The first-order valence-electron chi connectivity index (χ1n) is 9.15. The first-order valence-corrected chi connectivity index (χ1v) is 9.15. The van der Waals surface area contributed by atoms with Crippen LogP contribution in [-0.4, -0.2) is 26.0 Å². The summed E-state index contributed by atoms with van der Waals surface area (Å²) in [6, 6.07) is 13.7. The van der Waals surface area contributed by atoms with Gasteiger partial charge in [-0.05, 0) is 24.1 Å². The van der Waals surface area contributed by atoms with Crippen molar-refractivity contribution < 1.29 is 31.1 Å². The second-order valence-corrected chi connectivity index (χ2v) is 6.69. The number of hydrogen-bond acceptors (Lipinski definition) is 2. The summed E-state index contributed by atoms with van der Waals surface area (Å²) in [5, 5.41) is 0. The summed E-state index contributed by atoms with van der Waals surface area (Å²) in [5.41, 5.74) is -3.84. The Morgan fingerprint density at radius 1 is 0.828 bits per heavy atom. The van der Waals surface area contributed by atoms with Crippen molar-refractivity contribution in [1.29, 1.82) is 0 Å². The number of methoxy groups -OCH3 is 1. The van der Waals surface area contributed by atoms with Gasteiger partial charge in [0.25, 0.3) is 5.60 Å². The largest absolute Gasteiger partial charge is 0.430 e. The molecule has 0 aliphatic heterocycles. The van der Waals surface area contributed by atoms with Crippen molar-refractivity contribution in [3.8, 4) is 0 Å². The van der Waals surface area contributed by atoms with Crippen molar-refractivity contribution in [1.82, 2.24) is 0 Å². The molecule has 0 N–H and O–H groups in total. The summed E-state index contributed by atoms with van der Waals surface area (Å²) >= 11 is 0. The number of alkyl halides is 6. The van der Waals surface area contributed by atoms with E-state index in [-0.39, 0.29) is 0 Å². The fraction of sp³-hybridized carbons (Fsp3) is 0.429. The zero-order chi connectivity index (χ0) is 21.7. The van der Waals surface area contributed by atoms with Crippen LogP contribution in [0.3, 0.4) is 0 Å². The lowest BCUT2D eigenvalue weighted by Crippen LogP contribution is -2.55. The van der Waals surface area contributed by atoms with Gasteiger partial charge in [-0.1, -0.05) is 55.8 Å². The van der Waals surface area contributed by atoms with Crippen molar-refractivity contribution >= 4 is 5.69 Å². The molecule has 0 atom stereocenters. The maximum atomic E-state index is 13.4. The Labute approximate surface area is 166 Å². The Hall–Kier alpha value is -2.22. The van der Waals surface area contributed by atoms with Crippen LogP contribution in [0.4, 0.5) is 32.0 Å². The molecule has 0 saturated carbocycles. The van der Waals surface area contributed by atoms with Gasteiger partial charge in [0.05, 0.1) is 0 Å². The molecule has 0 bridgehead atoms. The Kier molecular flexibility index (Phi) is 7.21. The molecule has 0 fully saturated rings. The van der Waals surface area contributed by atoms with Crippen LogP contribution < -0.4 is 4.90 Å². The molecule has 8 heteroatoms. The van der Waals surface area contributed by atoms with Crippen LogP contribution in [0.1, 0.15) is 30.9 Å². The summed E-state index contributed by atoms with van der Waals surface area (Å²) in [5.74, 6) is 0. The zero-order valence-corrected chi connectivity index (χ0v) is 16.1. The molecule has 0 unspecified atom stereocenters. The third-order valence-electron chi connectivity index (χ3n) is 4.74. The number of ether oxygens (including phenoxy) is 1. The van der Waals surface area contributed by atoms with Crippen LogP contribution in [0, 0.1) is 0 Å². The smallest absolute Gasteiger partial charge is 0.367 e. The first-order chi connectivity index (χ1) is 13.6. The van der Waals surface area contributed by atoms with Crippen LogP contribution in [0.25, 0.3) is 0 Å². The van der Waals surface area contributed by atoms with Gasteiger partial charge in [0.1, 0.15) is 0 Å². The SMILES string of the molecule is CCCCN(Cc1ccccc1)c1ccc(C(OC)(C(F)(F)F)C(F)(F)F)cc1. The number of nitrogens with zero attached hydrogens (tertiary/aromatic N) is 1. The maximum Gasteiger partial charge on any atom is 0.430 e. The third-order valence-corrected chi connectivity index (χ3v) is 4.74. The van der Waals surface area contributed by atoms with E-state index in [0.29, 0.717) is 25.9 Å². The topological polar surface area (TPSA) is 12.5 Å². The van der Waals surface area contributed by atoms with Crippen LogP contribution in [0.2, 0.25) is 0 Å². The number of hydrogen-bond donors (Lipinski definition) is 0. The summed E-state index contributed by atoms with van der Waals surface area (Å²) in [4.78, 5) is 1.93. The fourth-order valence-electron chi connectivity index (χ4n) is 3.20. The van der Waals surface area contributed by atoms with Gasteiger partial charge in [-0.3, -0.25) is 0 Å². The monoisotopic (exact) mass is 419 g/mol. The molecule has 2 aromatic rings. The van der Waals surface area contributed by atoms with Gasteiger partial charge in [-0.2, -0.15) is 26.3 Å². The van der Waals surface area contributed by atoms with E-state index in [9.17, 15) is 26.3 Å². The van der Waals surface area contributed by atoms with Crippen LogP contribution in [-0.2, 0) is 16.9 Å². The molecule has 2 nitrogen and oxygen atoms in total. The number of halogens is 6. The highest BCUT2D eigenvalue weighted by molar-refractivity contribution is 5.49. The van der Waals surface area contributed by atoms with Crippen molar-refractivity contribution in [3.63, 3.8) is 0 Å². The minimum atomic E-state index is -5.66. The molecule has 29 heavy (non-hydrogen) atoms. The van der Waals surface area contributed by atoms with E-state index in [1.165, 1.54) is 12.1 Å². The zero-order valence-electron chi connectivity index (χ0n) is 16.1. The van der Waals surface area contributed by atoms with E-state index < -0.39 is 23.5 Å². The molecule has 2 aromatic carbocycles. The van der Waals surface area contributed by atoms with Gasteiger partial charge in [-0.15, -0.1) is 0 Å². The van der Waals surface area contributed by atoms with Gasteiger partial charge in [0.2, 0.25) is 0 Å². The highest BCUT2D eigenvalue weighted by atomic mass is 19.4. The minimum Gasteiger partial charge on any atom is -0.367 e. The van der Waals surface area contributed by atoms with Gasteiger partial charge < -0.3 is 9.64 Å². The molecule has 0 saturated heterocycles. The highest BCUT2D eigenvalue weighted by Gasteiger charge is 2.72. The summed E-state index contributed by atoms with van der Waals surface area (Å²) in [6.45, 7) is 3.12. The summed E-state index contributed by atoms with van der Waals surface area (Å²) in [7, 11) is 0.415. The highest BCUT2D eigenvalue weighted by Crippen LogP contribution is 2.52. The normalized spacial score (nSPS) is 12.8. The predicted molar refractivity (Wildman–Crippen MR) is 99.6 cm³/mol. The Bertz CT molecular complexity index is 741. The summed E-state index contributed by atoms with van der Waals surface area (Å²) in [6.07, 6.45) is -9.58. The van der Waals surface area contributed by atoms with Gasteiger partial charge in [0, 0.05) is 31.5 Å². The quantitative estimate of drug-likeness (QED) is 0.456. The molecule has 0 heterocycles. The average molecular weight is 419 g/mol. The molecule has 2 rings (SSSR count). The number of rotatable bonds is 8. The lowest BCUT2D eigenvalue weighted by atomic mass is 9.91. The molecule has 0 radical (unpaired) electrons. The minimum absolute atomic E-state index is 0.415. The molecule has 0 spiro atoms. The second-order valence-electron chi connectivity index (χ2n) is 6.69. The van der Waals surface area contributed by atoms with Gasteiger partial charge in [0.15, 0.2) is 0 Å². The van der Waals surface area contributed by atoms with E-state index in [0.717, 1.165) is 30.5 Å². The number of unbranched alkanes of at least 4 members (excludes halogenated alkanes) is 1. The van der Waals surface area contributed by atoms with E-state index >= 15 is 0 Å². The lowest BCUT2D eigenvalue weighted by molar-refractivity contribution is -0.383. The number of benzene rings is 2. The van der Waals surface area contributed by atoms with Crippen molar-refractivity contribution in [2.45, 2.75) is 44.3 Å². The molecule has 0 aromatic heterocycles. The molecule has 0 aliphatic carbocycles. The van der Waals surface area contributed by atoms with Crippen molar-refractivity contribution in [2.75, 3.05) is 18.6 Å². The van der Waals surface area contributed by atoms with Crippen LogP contribution in [0.5, 0.6) is 0 Å². The van der Waals surface area contributed by atoms with Crippen LogP contribution in [0.15, 0.2) is 54.6 Å². The fourth-order valence-corrected chi connectivity index (χ4v) is 3.20. The number of anilines is 1. The Morgan fingerprint density at radius 2 is 1.38 bits per heavy atom. The van der Waals surface area contributed by atoms with E-state index in [4.69, 9.17) is 0 Å². The van der Waals surface area contributed by atoms with Crippen molar-refractivity contribution in [2.24, 2.45) is 0 Å². The molecule has 0 aliphatic rings. The molecular formula is C21H23F6NO. The van der Waals surface area contributed by atoms with Gasteiger partial charge >= 0.3 is 12.4 Å². The van der Waals surface area contributed by atoms with Crippen LogP contribution >= 0.6 is 0 Å². The molecule has 160 valence electrons. The van der Waals surface area contributed by atoms with E-state index in [2.05, 4.69) is 4.74 Å². The van der Waals surface area contributed by atoms with E-state index in [1.807, 2.05) is 42.2 Å². The van der Waals surface area contributed by atoms with Gasteiger partial charge in [-0.25, -0.2) is 0 Å². The Morgan fingerprint density at radius 3 is 1.83 bits per heavy atom. The summed E-state index contributed by atoms with van der Waals surface area (Å²) < 4.78 is 84.5. The predicted octanol–water partition coefficient (Wildman–Crippen LogP) is 6.46. The average Bonchev–Trinajstić information content (AvgIpc) is 2.65. The maximum absolute atomic E-state index is 13.4. The van der Waals surface area contributed by atoms with E-state index in [1.54, 1.807) is 0 Å². The first kappa shape index (κ1) is 23.1. The molecular weight excluding hydrogens is 396 g/mol.